The Morgan fingerprint density at radius 1 is 1.69 bits per heavy atom. The van der Waals surface area contributed by atoms with Crippen LogP contribution < -0.4 is 5.32 Å². The van der Waals surface area contributed by atoms with Gasteiger partial charge in [0.15, 0.2) is 0 Å². The van der Waals surface area contributed by atoms with Crippen LogP contribution in [-0.2, 0) is 11.3 Å². The lowest BCUT2D eigenvalue weighted by atomic mass is 10.2. The van der Waals surface area contributed by atoms with Crippen LogP contribution in [0.1, 0.15) is 17.8 Å². The van der Waals surface area contributed by atoms with Crippen LogP contribution in [0, 0.1) is 0 Å². The maximum absolute atomic E-state index is 5.55. The molecule has 0 radical (unpaired) electrons. The summed E-state index contributed by atoms with van der Waals surface area (Å²) in [5.41, 5.74) is 0. The zero-order valence-corrected chi connectivity index (χ0v) is 8.35. The zero-order valence-electron chi connectivity index (χ0n) is 7.53. The largest absolute Gasteiger partial charge is 0.373 e. The third kappa shape index (κ3) is 2.76. The lowest BCUT2D eigenvalue weighted by Crippen LogP contribution is -2.26. The van der Waals surface area contributed by atoms with Crippen LogP contribution in [-0.4, -0.2) is 24.2 Å². The van der Waals surface area contributed by atoms with Crippen molar-refractivity contribution in [3.8, 4) is 0 Å². The fraction of sp³-hybridized carbons (Fsp3) is 0.667. The predicted octanol–water partition coefficient (Wildman–Crippen LogP) is 1.41. The molecule has 0 saturated carbocycles. The second-order valence-electron chi connectivity index (χ2n) is 3.23. The fourth-order valence-electron chi connectivity index (χ4n) is 1.51. The third-order valence-electron chi connectivity index (χ3n) is 2.19. The molecule has 2 heterocycles. The predicted molar refractivity (Wildman–Crippen MR) is 52.8 cm³/mol. The molecule has 1 unspecified atom stereocenters. The van der Waals surface area contributed by atoms with Gasteiger partial charge in [-0.1, -0.05) is 0 Å². The molecule has 0 aliphatic carbocycles. The molecule has 4 heteroatoms. The molecule has 1 N–H and O–H groups in total. The van der Waals surface area contributed by atoms with E-state index >= 15 is 0 Å². The number of nitrogens with zero attached hydrogens (tertiary/aromatic N) is 1. The van der Waals surface area contributed by atoms with E-state index in [1.54, 1.807) is 11.3 Å². The van der Waals surface area contributed by atoms with Crippen molar-refractivity contribution in [2.24, 2.45) is 0 Å². The van der Waals surface area contributed by atoms with Gasteiger partial charge in [-0.15, -0.1) is 11.3 Å². The first-order valence-electron chi connectivity index (χ1n) is 4.64. The van der Waals surface area contributed by atoms with Crippen LogP contribution in [0.3, 0.4) is 0 Å². The number of thiazole rings is 1. The molecule has 1 saturated heterocycles. The van der Waals surface area contributed by atoms with Gasteiger partial charge in [-0.2, -0.15) is 0 Å². The summed E-state index contributed by atoms with van der Waals surface area (Å²) < 4.78 is 5.55. The van der Waals surface area contributed by atoms with Gasteiger partial charge in [0.2, 0.25) is 0 Å². The molecule has 1 fully saturated rings. The highest BCUT2D eigenvalue weighted by molar-refractivity contribution is 7.09. The van der Waals surface area contributed by atoms with Crippen molar-refractivity contribution in [3.63, 3.8) is 0 Å². The first-order chi connectivity index (χ1) is 6.45. The van der Waals surface area contributed by atoms with Gasteiger partial charge in [0.1, 0.15) is 5.01 Å². The van der Waals surface area contributed by atoms with Crippen molar-refractivity contribution in [1.82, 2.24) is 10.3 Å². The topological polar surface area (TPSA) is 34.1 Å². The highest BCUT2D eigenvalue weighted by atomic mass is 32.1. The summed E-state index contributed by atoms with van der Waals surface area (Å²) in [6, 6.07) is 0.569. The van der Waals surface area contributed by atoms with Crippen molar-refractivity contribution in [3.05, 3.63) is 16.6 Å². The maximum atomic E-state index is 5.55. The molecule has 0 amide bonds. The summed E-state index contributed by atoms with van der Waals surface area (Å²) in [5.74, 6) is 0. The van der Waals surface area contributed by atoms with Crippen LogP contribution >= 0.6 is 11.3 Å². The van der Waals surface area contributed by atoms with Crippen LogP contribution in [0.5, 0.6) is 0 Å². The second kappa shape index (κ2) is 4.69. The average Bonchev–Trinajstić information content (AvgIpc) is 2.75. The minimum atomic E-state index is 0.569. The van der Waals surface area contributed by atoms with Gasteiger partial charge >= 0.3 is 0 Å². The Bertz CT molecular complexity index is 232. The lowest BCUT2D eigenvalue weighted by Gasteiger charge is -2.09. The molecule has 0 bridgehead atoms. The highest BCUT2D eigenvalue weighted by Gasteiger charge is 2.13. The minimum absolute atomic E-state index is 0.569. The quantitative estimate of drug-likeness (QED) is 0.794. The molecule has 1 aromatic rings. The van der Waals surface area contributed by atoms with Gasteiger partial charge in [-0.25, -0.2) is 4.98 Å². The van der Waals surface area contributed by atoms with E-state index in [0.717, 1.165) is 18.2 Å². The van der Waals surface area contributed by atoms with Crippen molar-refractivity contribution in [1.29, 1.82) is 0 Å². The van der Waals surface area contributed by atoms with E-state index in [2.05, 4.69) is 10.3 Å². The van der Waals surface area contributed by atoms with Crippen molar-refractivity contribution in [2.75, 3.05) is 13.2 Å². The van der Waals surface area contributed by atoms with E-state index in [0.29, 0.717) is 12.6 Å². The van der Waals surface area contributed by atoms with Crippen molar-refractivity contribution in [2.45, 2.75) is 25.5 Å². The molecule has 1 aliphatic heterocycles. The summed E-state index contributed by atoms with van der Waals surface area (Å²) in [6.07, 6.45) is 4.35. The van der Waals surface area contributed by atoms with Crippen LogP contribution in [0.25, 0.3) is 0 Å². The Labute approximate surface area is 82.1 Å². The van der Waals surface area contributed by atoms with Crippen molar-refractivity contribution < 1.29 is 4.74 Å². The Balaban J connectivity index is 1.63. The van der Waals surface area contributed by atoms with Gasteiger partial charge in [-0.05, 0) is 19.4 Å². The molecule has 1 aromatic heterocycles. The van der Waals surface area contributed by atoms with E-state index in [-0.39, 0.29) is 0 Å². The second-order valence-corrected chi connectivity index (χ2v) is 4.21. The summed E-state index contributed by atoms with van der Waals surface area (Å²) in [5, 5.41) is 6.44. The Hall–Kier alpha value is -0.450. The average molecular weight is 198 g/mol. The Kier molecular flexibility index (Phi) is 3.29. The number of rotatable bonds is 4. The highest BCUT2D eigenvalue weighted by Crippen LogP contribution is 2.08. The van der Waals surface area contributed by atoms with E-state index in [1.807, 2.05) is 11.6 Å². The fourth-order valence-corrected chi connectivity index (χ4v) is 2.06. The van der Waals surface area contributed by atoms with E-state index in [1.165, 1.54) is 12.8 Å². The molecule has 0 spiro atoms. The van der Waals surface area contributed by atoms with Gasteiger partial charge < -0.3 is 10.1 Å². The summed E-state index contributed by atoms with van der Waals surface area (Å²) in [6.45, 7) is 2.63. The number of hydrogen-bond donors (Lipinski definition) is 1. The first-order valence-corrected chi connectivity index (χ1v) is 5.52. The summed E-state index contributed by atoms with van der Waals surface area (Å²) >= 11 is 1.65. The molecule has 2 rings (SSSR count). The lowest BCUT2D eigenvalue weighted by molar-refractivity contribution is 0.103. The van der Waals surface area contributed by atoms with Gasteiger partial charge in [0, 0.05) is 17.6 Å². The van der Waals surface area contributed by atoms with E-state index in [4.69, 9.17) is 4.74 Å². The van der Waals surface area contributed by atoms with Gasteiger partial charge in [0.05, 0.1) is 13.2 Å². The van der Waals surface area contributed by atoms with Gasteiger partial charge in [0.25, 0.3) is 0 Å². The summed E-state index contributed by atoms with van der Waals surface area (Å²) in [7, 11) is 0. The smallest absolute Gasteiger partial charge is 0.118 e. The number of nitrogens with one attached hydrogen (secondary N) is 1. The first kappa shape index (κ1) is 9.12. The molecule has 0 aromatic carbocycles. The normalized spacial score (nSPS) is 22.3. The molecule has 1 atom stereocenters. The van der Waals surface area contributed by atoms with E-state index < -0.39 is 0 Å². The molecular formula is C9H14N2OS. The molecule has 72 valence electrons. The SMILES string of the molecule is c1csc(COCC2CCCN2)n1. The molecule has 13 heavy (non-hydrogen) atoms. The monoisotopic (exact) mass is 198 g/mol. The van der Waals surface area contributed by atoms with Crippen LogP contribution in [0.15, 0.2) is 11.6 Å². The maximum Gasteiger partial charge on any atom is 0.118 e. The zero-order chi connectivity index (χ0) is 8.93. The van der Waals surface area contributed by atoms with Gasteiger partial charge in [-0.3, -0.25) is 0 Å². The van der Waals surface area contributed by atoms with Crippen LogP contribution in [0.2, 0.25) is 0 Å². The number of ether oxygens (including phenoxy) is 1. The minimum Gasteiger partial charge on any atom is -0.373 e. The number of hydrogen-bond acceptors (Lipinski definition) is 4. The third-order valence-corrected chi connectivity index (χ3v) is 2.94. The Morgan fingerprint density at radius 3 is 3.38 bits per heavy atom. The molecule has 3 nitrogen and oxygen atoms in total. The van der Waals surface area contributed by atoms with Crippen molar-refractivity contribution >= 4 is 11.3 Å². The summed E-state index contributed by atoms with van der Waals surface area (Å²) in [4.78, 5) is 4.15. The standard InChI is InChI=1S/C9H14N2OS/c1-2-8(10-3-1)6-12-7-9-11-4-5-13-9/h4-5,8,10H,1-3,6-7H2. The van der Waals surface area contributed by atoms with E-state index in [9.17, 15) is 0 Å². The number of aromatic nitrogens is 1. The van der Waals surface area contributed by atoms with Crippen LogP contribution in [0.4, 0.5) is 0 Å². The molecular weight excluding hydrogens is 184 g/mol. The Morgan fingerprint density at radius 2 is 2.69 bits per heavy atom. The molecule has 1 aliphatic rings.